The number of aliphatic carboxylic acids is 2. The zero-order valence-corrected chi connectivity index (χ0v) is 26.0. The number of hydrogen-bond donors (Lipinski definition) is 6. The number of carboxylic acids is 2. The first-order chi connectivity index (χ1) is 20.9. The molecule has 0 fully saturated rings. The standard InChI is InChI=1S/C27H39N5O2.C4H6O6/c1-6-21(33)10-8-7-9-11-23(28-14-15-32(3)4)27-29-18-25(31-27)22-16-20-13-12-19(2)30-24(20)17-26(22)34-5;5-1(3(7)8)2(6)4(9)10/h12-13,16-18,23,28H,6-11,14-15H2,1-5H3,(H,29,31);1-2,5-6H,(H,7,8)(H,9,10)/t23-;1-,2-/m01/s1. The summed E-state index contributed by atoms with van der Waals surface area (Å²) in [7, 11) is 5.84. The number of unbranched alkanes of at least 4 members (excludes halogenated alkanes) is 2. The molecule has 0 aliphatic rings. The second kappa shape index (κ2) is 18.0. The fraction of sp³-hybridized carbons (Fsp3) is 0.516. The zero-order chi connectivity index (χ0) is 32.8. The molecule has 0 bridgehead atoms. The molecule has 3 aromatic rings. The lowest BCUT2D eigenvalue weighted by atomic mass is 10.0. The van der Waals surface area contributed by atoms with Gasteiger partial charge in [0.2, 0.25) is 0 Å². The van der Waals surface area contributed by atoms with Gasteiger partial charge in [0.25, 0.3) is 0 Å². The Balaban J connectivity index is 0.000000580. The van der Waals surface area contributed by atoms with Crippen LogP contribution in [0.1, 0.15) is 63.0 Å². The molecular weight excluding hydrogens is 570 g/mol. The summed E-state index contributed by atoms with van der Waals surface area (Å²) in [5, 5.41) is 37.3. The molecule has 2 heterocycles. The third-order valence-electron chi connectivity index (χ3n) is 6.96. The first-order valence-electron chi connectivity index (χ1n) is 14.6. The van der Waals surface area contributed by atoms with Crippen molar-refractivity contribution >= 4 is 28.6 Å². The number of benzene rings is 1. The smallest absolute Gasteiger partial charge is 0.335 e. The fourth-order valence-electron chi connectivity index (χ4n) is 4.38. The number of carbonyl (C=O) groups is 3. The van der Waals surface area contributed by atoms with E-state index in [2.05, 4.69) is 46.4 Å². The minimum atomic E-state index is -2.27. The van der Waals surface area contributed by atoms with Gasteiger partial charge in [-0.1, -0.05) is 25.8 Å². The molecule has 3 rings (SSSR count). The SMILES string of the molecule is CCC(=O)CCCCC[C@H](NCCN(C)C)c1ncc(-c2cc3ccc(C)nc3cc2OC)[nH]1.O=C(O)[C@H](O)[C@@H](O)C(=O)O. The summed E-state index contributed by atoms with van der Waals surface area (Å²) >= 11 is 0. The number of aliphatic hydroxyl groups excluding tert-OH is 2. The summed E-state index contributed by atoms with van der Waals surface area (Å²) in [5.74, 6) is -1.48. The van der Waals surface area contributed by atoms with E-state index in [0.717, 1.165) is 78.2 Å². The van der Waals surface area contributed by atoms with Crippen LogP contribution in [0.25, 0.3) is 22.2 Å². The lowest BCUT2D eigenvalue weighted by Gasteiger charge is -2.18. The van der Waals surface area contributed by atoms with Crippen molar-refractivity contribution in [3.63, 3.8) is 0 Å². The average Bonchev–Trinajstić information content (AvgIpc) is 3.48. The number of imidazole rings is 1. The molecule has 6 N–H and O–H groups in total. The third kappa shape index (κ3) is 11.3. The first kappa shape index (κ1) is 36.3. The molecule has 0 amide bonds. The van der Waals surface area contributed by atoms with Gasteiger partial charge in [-0.3, -0.25) is 9.78 Å². The van der Waals surface area contributed by atoms with Gasteiger partial charge in [-0.05, 0) is 46.0 Å². The quantitative estimate of drug-likeness (QED) is 0.122. The lowest BCUT2D eigenvalue weighted by Crippen LogP contribution is -2.39. The minimum Gasteiger partial charge on any atom is -0.496 e. The van der Waals surface area contributed by atoms with Gasteiger partial charge in [-0.25, -0.2) is 14.6 Å². The van der Waals surface area contributed by atoms with Crippen molar-refractivity contribution in [2.75, 3.05) is 34.3 Å². The highest BCUT2D eigenvalue weighted by Crippen LogP contribution is 2.33. The number of ether oxygens (including phenoxy) is 1. The second-order valence-electron chi connectivity index (χ2n) is 10.7. The van der Waals surface area contributed by atoms with Crippen LogP contribution in [-0.4, -0.2) is 105 Å². The van der Waals surface area contributed by atoms with Gasteiger partial charge >= 0.3 is 11.9 Å². The Morgan fingerprint density at radius 3 is 2.32 bits per heavy atom. The highest BCUT2D eigenvalue weighted by molar-refractivity contribution is 5.87. The number of aromatic amines is 1. The van der Waals surface area contributed by atoms with E-state index in [1.54, 1.807) is 7.11 Å². The molecule has 3 atom stereocenters. The number of methoxy groups -OCH3 is 1. The number of nitrogens with one attached hydrogen (secondary N) is 2. The van der Waals surface area contributed by atoms with E-state index >= 15 is 0 Å². The topological polar surface area (TPSA) is 198 Å². The van der Waals surface area contributed by atoms with Crippen LogP contribution in [0.4, 0.5) is 0 Å². The molecule has 0 aliphatic carbocycles. The van der Waals surface area contributed by atoms with Crippen molar-refractivity contribution in [1.82, 2.24) is 25.2 Å². The Bertz CT molecular complexity index is 1360. The predicted molar refractivity (Wildman–Crippen MR) is 166 cm³/mol. The van der Waals surface area contributed by atoms with Crippen LogP contribution in [-0.2, 0) is 14.4 Å². The second-order valence-corrected chi connectivity index (χ2v) is 10.7. The van der Waals surface area contributed by atoms with Crippen LogP contribution in [0.5, 0.6) is 5.75 Å². The van der Waals surface area contributed by atoms with Crippen LogP contribution in [0.3, 0.4) is 0 Å². The maximum atomic E-state index is 11.6. The van der Waals surface area contributed by atoms with Crippen molar-refractivity contribution in [3.05, 3.63) is 42.0 Å². The van der Waals surface area contributed by atoms with Crippen molar-refractivity contribution in [1.29, 1.82) is 0 Å². The molecule has 0 saturated carbocycles. The largest absolute Gasteiger partial charge is 0.496 e. The van der Waals surface area contributed by atoms with Gasteiger partial charge < -0.3 is 40.4 Å². The van der Waals surface area contributed by atoms with Gasteiger partial charge in [0.1, 0.15) is 17.4 Å². The van der Waals surface area contributed by atoms with Crippen LogP contribution in [0.2, 0.25) is 0 Å². The number of hydrogen-bond acceptors (Lipinski definition) is 10. The minimum absolute atomic E-state index is 0.131. The number of pyridine rings is 1. The summed E-state index contributed by atoms with van der Waals surface area (Å²) in [6.07, 6.45) is 2.72. The van der Waals surface area contributed by atoms with Gasteiger partial charge in [-0.2, -0.15) is 0 Å². The highest BCUT2D eigenvalue weighted by Gasteiger charge is 2.29. The van der Waals surface area contributed by atoms with Crippen molar-refractivity contribution < 1.29 is 39.5 Å². The number of rotatable bonds is 17. The molecule has 2 aromatic heterocycles. The van der Waals surface area contributed by atoms with Crippen LogP contribution in [0.15, 0.2) is 30.5 Å². The van der Waals surface area contributed by atoms with Crippen molar-refractivity contribution in [2.45, 2.75) is 70.6 Å². The normalized spacial score (nSPS) is 13.2. The summed E-state index contributed by atoms with van der Waals surface area (Å²) in [4.78, 5) is 46.2. The molecule has 0 saturated heterocycles. The maximum absolute atomic E-state index is 11.6. The number of aryl methyl sites for hydroxylation is 1. The molecule has 0 radical (unpaired) electrons. The summed E-state index contributed by atoms with van der Waals surface area (Å²) < 4.78 is 5.69. The van der Waals surface area contributed by atoms with Gasteiger partial charge in [0, 0.05) is 48.6 Å². The molecule has 44 heavy (non-hydrogen) atoms. The van der Waals surface area contributed by atoms with Crippen LogP contribution >= 0.6 is 0 Å². The molecule has 0 spiro atoms. The molecule has 13 heteroatoms. The van der Waals surface area contributed by atoms with E-state index in [1.807, 2.05) is 32.2 Å². The number of ketones is 1. The van der Waals surface area contributed by atoms with Crippen molar-refractivity contribution in [2.24, 2.45) is 0 Å². The van der Waals surface area contributed by atoms with Crippen LogP contribution < -0.4 is 10.1 Å². The van der Waals surface area contributed by atoms with Gasteiger partial charge in [0.15, 0.2) is 12.2 Å². The summed E-state index contributed by atoms with van der Waals surface area (Å²) in [5.41, 5.74) is 3.81. The van der Waals surface area contributed by atoms with Gasteiger partial charge in [0.05, 0.1) is 30.6 Å². The number of aliphatic hydroxyl groups is 2. The number of carbonyl (C=O) groups excluding carboxylic acids is 1. The highest BCUT2D eigenvalue weighted by atomic mass is 16.5. The number of Topliss-reactive ketones (excluding diaryl/α,β-unsaturated/α-hetero) is 1. The Hall–Kier alpha value is -3.91. The Morgan fingerprint density at radius 2 is 1.73 bits per heavy atom. The molecule has 0 unspecified atom stereocenters. The number of fused-ring (bicyclic) bond motifs is 1. The number of aromatic nitrogens is 3. The van der Waals surface area contributed by atoms with E-state index < -0.39 is 24.1 Å². The first-order valence-corrected chi connectivity index (χ1v) is 14.6. The Kier molecular flexibility index (Phi) is 14.9. The molecule has 242 valence electrons. The van der Waals surface area contributed by atoms with E-state index in [1.165, 1.54) is 0 Å². The maximum Gasteiger partial charge on any atom is 0.335 e. The average molecular weight is 616 g/mol. The van der Waals surface area contributed by atoms with Gasteiger partial charge in [-0.15, -0.1) is 0 Å². The number of H-pyrrole nitrogens is 1. The van der Waals surface area contributed by atoms with E-state index in [-0.39, 0.29) is 6.04 Å². The predicted octanol–water partition coefficient (Wildman–Crippen LogP) is 2.94. The van der Waals surface area contributed by atoms with Crippen molar-refractivity contribution in [3.8, 4) is 17.0 Å². The summed E-state index contributed by atoms with van der Waals surface area (Å²) in [6, 6.07) is 8.34. The number of carboxylic acid groups (broad SMARTS) is 2. The molecule has 13 nitrogen and oxygen atoms in total. The monoisotopic (exact) mass is 615 g/mol. The van der Waals surface area contributed by atoms with E-state index in [9.17, 15) is 14.4 Å². The fourth-order valence-corrected chi connectivity index (χ4v) is 4.38. The van der Waals surface area contributed by atoms with E-state index in [0.29, 0.717) is 18.6 Å². The Morgan fingerprint density at radius 1 is 1.05 bits per heavy atom. The van der Waals surface area contributed by atoms with Crippen LogP contribution in [0, 0.1) is 6.92 Å². The zero-order valence-electron chi connectivity index (χ0n) is 26.0. The summed E-state index contributed by atoms with van der Waals surface area (Å²) in [6.45, 7) is 5.77. The molecule has 0 aliphatic heterocycles. The number of likely N-dealkylation sites (N-methyl/N-ethyl adjacent to an activating group) is 1. The number of nitrogens with zero attached hydrogens (tertiary/aromatic N) is 3. The molecular formula is C31H45N5O8. The lowest BCUT2D eigenvalue weighted by molar-refractivity contribution is -0.165. The van der Waals surface area contributed by atoms with E-state index in [4.69, 9.17) is 30.1 Å². The third-order valence-corrected chi connectivity index (χ3v) is 6.96. The molecule has 1 aromatic carbocycles. The Labute approximate surface area is 257 Å².